The van der Waals surface area contributed by atoms with Gasteiger partial charge in [-0.3, -0.25) is 10.1 Å². The number of nitrogens with zero attached hydrogens (tertiary/aromatic N) is 1. The van der Waals surface area contributed by atoms with Crippen molar-refractivity contribution < 1.29 is 14.4 Å². The van der Waals surface area contributed by atoms with Gasteiger partial charge in [-0.1, -0.05) is 30.3 Å². The maximum absolute atomic E-state index is 13.8. The number of aliphatic hydroxyl groups is 1. The Labute approximate surface area is 127 Å². The summed E-state index contributed by atoms with van der Waals surface area (Å²) in [5.74, 6) is -0.715. The van der Waals surface area contributed by atoms with E-state index in [0.717, 1.165) is 11.6 Å². The van der Waals surface area contributed by atoms with Crippen molar-refractivity contribution in [2.75, 3.05) is 5.32 Å². The highest BCUT2D eigenvalue weighted by atomic mass is 19.1. The zero-order valence-electron chi connectivity index (χ0n) is 12.1. The van der Waals surface area contributed by atoms with Crippen LogP contribution in [0.25, 0.3) is 0 Å². The molecule has 0 aliphatic carbocycles. The Morgan fingerprint density at radius 1 is 1.27 bits per heavy atom. The molecule has 0 aliphatic rings. The SMILES string of the molecule is CC(Nc1ccc([N+](=O)[O-])cc1F)C(O)Cc1ccccc1. The summed E-state index contributed by atoms with van der Waals surface area (Å²) < 4.78 is 13.8. The zero-order valence-corrected chi connectivity index (χ0v) is 12.1. The molecule has 22 heavy (non-hydrogen) atoms. The van der Waals surface area contributed by atoms with Crippen molar-refractivity contribution in [3.05, 3.63) is 70.0 Å². The number of nitrogens with one attached hydrogen (secondary N) is 1. The van der Waals surface area contributed by atoms with Crippen molar-refractivity contribution in [2.45, 2.75) is 25.5 Å². The fraction of sp³-hybridized carbons (Fsp3) is 0.250. The van der Waals surface area contributed by atoms with Gasteiger partial charge in [-0.05, 0) is 18.6 Å². The van der Waals surface area contributed by atoms with E-state index in [0.29, 0.717) is 6.42 Å². The van der Waals surface area contributed by atoms with Crippen molar-refractivity contribution in [2.24, 2.45) is 0 Å². The third-order valence-electron chi connectivity index (χ3n) is 3.41. The lowest BCUT2D eigenvalue weighted by atomic mass is 10.0. The number of nitro benzene ring substituents is 1. The standard InChI is InChI=1S/C16H17FN2O3/c1-11(16(20)9-12-5-3-2-4-6-12)18-15-8-7-13(19(21)22)10-14(15)17/h2-8,10-11,16,18,20H,9H2,1H3. The molecule has 2 atom stereocenters. The summed E-state index contributed by atoms with van der Waals surface area (Å²) in [6.07, 6.45) is -0.277. The molecule has 116 valence electrons. The van der Waals surface area contributed by atoms with Gasteiger partial charge in [-0.15, -0.1) is 0 Å². The quantitative estimate of drug-likeness (QED) is 0.635. The summed E-state index contributed by atoms with van der Waals surface area (Å²) >= 11 is 0. The lowest BCUT2D eigenvalue weighted by Gasteiger charge is -2.21. The minimum atomic E-state index is -0.715. The van der Waals surface area contributed by atoms with Gasteiger partial charge < -0.3 is 10.4 Å². The zero-order chi connectivity index (χ0) is 16.1. The highest BCUT2D eigenvalue weighted by Crippen LogP contribution is 2.22. The van der Waals surface area contributed by atoms with E-state index in [-0.39, 0.29) is 11.4 Å². The number of hydrogen-bond acceptors (Lipinski definition) is 4. The van der Waals surface area contributed by atoms with Crippen molar-refractivity contribution in [3.8, 4) is 0 Å². The van der Waals surface area contributed by atoms with Crippen LogP contribution in [0.1, 0.15) is 12.5 Å². The van der Waals surface area contributed by atoms with Crippen LogP contribution in [-0.2, 0) is 6.42 Å². The molecule has 0 aromatic heterocycles. The van der Waals surface area contributed by atoms with Crippen molar-refractivity contribution >= 4 is 11.4 Å². The molecule has 6 heteroatoms. The van der Waals surface area contributed by atoms with Crippen LogP contribution in [0.2, 0.25) is 0 Å². The van der Waals surface area contributed by atoms with Gasteiger partial charge in [-0.25, -0.2) is 4.39 Å². The van der Waals surface area contributed by atoms with Gasteiger partial charge >= 0.3 is 0 Å². The molecule has 0 amide bonds. The molecule has 0 heterocycles. The normalized spacial score (nSPS) is 13.4. The van der Waals surface area contributed by atoms with Gasteiger partial charge in [0, 0.05) is 18.5 Å². The number of anilines is 1. The van der Waals surface area contributed by atoms with E-state index in [4.69, 9.17) is 0 Å². The summed E-state index contributed by atoms with van der Waals surface area (Å²) in [7, 11) is 0. The Bertz CT molecular complexity index is 649. The second-order valence-corrected chi connectivity index (χ2v) is 5.11. The number of rotatable bonds is 6. The topological polar surface area (TPSA) is 75.4 Å². The van der Waals surface area contributed by atoms with E-state index in [1.807, 2.05) is 30.3 Å². The predicted molar refractivity (Wildman–Crippen MR) is 82.3 cm³/mol. The first-order valence-electron chi connectivity index (χ1n) is 6.90. The van der Waals surface area contributed by atoms with Crippen molar-refractivity contribution in [1.82, 2.24) is 0 Å². The van der Waals surface area contributed by atoms with E-state index >= 15 is 0 Å². The van der Waals surface area contributed by atoms with Gasteiger partial charge in [0.2, 0.25) is 0 Å². The van der Waals surface area contributed by atoms with E-state index < -0.39 is 22.9 Å². The Morgan fingerprint density at radius 3 is 2.55 bits per heavy atom. The molecule has 2 aromatic rings. The van der Waals surface area contributed by atoms with Crippen molar-refractivity contribution in [1.29, 1.82) is 0 Å². The number of hydrogen-bond donors (Lipinski definition) is 2. The highest BCUT2D eigenvalue weighted by Gasteiger charge is 2.17. The third-order valence-corrected chi connectivity index (χ3v) is 3.41. The van der Waals surface area contributed by atoms with E-state index in [9.17, 15) is 19.6 Å². The van der Waals surface area contributed by atoms with Gasteiger partial charge in [0.05, 0.1) is 22.8 Å². The van der Waals surface area contributed by atoms with Gasteiger partial charge in [0.15, 0.2) is 5.82 Å². The van der Waals surface area contributed by atoms with Crippen LogP contribution in [0.15, 0.2) is 48.5 Å². The summed E-state index contributed by atoms with van der Waals surface area (Å²) in [6.45, 7) is 1.73. The largest absolute Gasteiger partial charge is 0.391 e. The molecular weight excluding hydrogens is 287 g/mol. The van der Waals surface area contributed by atoms with Gasteiger partial charge in [0.1, 0.15) is 0 Å². The molecule has 2 aromatic carbocycles. The average molecular weight is 304 g/mol. The molecule has 0 saturated heterocycles. The number of benzene rings is 2. The Balaban J connectivity index is 2.02. The maximum Gasteiger partial charge on any atom is 0.272 e. The Morgan fingerprint density at radius 2 is 1.95 bits per heavy atom. The molecule has 0 bridgehead atoms. The van der Waals surface area contributed by atoms with Gasteiger partial charge in [-0.2, -0.15) is 0 Å². The fourth-order valence-electron chi connectivity index (χ4n) is 2.11. The van der Waals surface area contributed by atoms with Crippen LogP contribution >= 0.6 is 0 Å². The first-order chi connectivity index (χ1) is 10.5. The van der Waals surface area contributed by atoms with Crippen LogP contribution in [0.3, 0.4) is 0 Å². The number of aliphatic hydroxyl groups excluding tert-OH is 1. The fourth-order valence-corrected chi connectivity index (χ4v) is 2.11. The van der Waals surface area contributed by atoms with Crippen LogP contribution in [0.5, 0.6) is 0 Å². The first-order valence-corrected chi connectivity index (χ1v) is 6.90. The molecule has 2 rings (SSSR count). The van der Waals surface area contributed by atoms with E-state index in [2.05, 4.69) is 5.32 Å². The minimum absolute atomic E-state index is 0.130. The van der Waals surface area contributed by atoms with Crippen LogP contribution in [-0.4, -0.2) is 22.2 Å². The van der Waals surface area contributed by atoms with Crippen LogP contribution in [0.4, 0.5) is 15.8 Å². The predicted octanol–water partition coefficient (Wildman–Crippen LogP) is 3.14. The molecule has 0 fully saturated rings. The molecule has 0 radical (unpaired) electrons. The van der Waals surface area contributed by atoms with E-state index in [1.54, 1.807) is 6.92 Å². The average Bonchev–Trinajstić information content (AvgIpc) is 2.50. The lowest BCUT2D eigenvalue weighted by Crippen LogP contribution is -2.32. The smallest absolute Gasteiger partial charge is 0.272 e. The first kappa shape index (κ1) is 15.9. The number of nitro groups is 1. The monoisotopic (exact) mass is 304 g/mol. The molecule has 0 spiro atoms. The van der Waals surface area contributed by atoms with Crippen LogP contribution in [0, 0.1) is 15.9 Å². The third kappa shape index (κ3) is 4.02. The molecule has 2 unspecified atom stereocenters. The second kappa shape index (κ2) is 7.00. The second-order valence-electron chi connectivity index (χ2n) is 5.11. The molecule has 0 aliphatic heterocycles. The molecule has 0 saturated carbocycles. The maximum atomic E-state index is 13.8. The minimum Gasteiger partial charge on any atom is -0.391 e. The summed E-state index contributed by atoms with van der Waals surface area (Å²) in [6, 6.07) is 12.5. The number of halogens is 1. The Kier molecular flexibility index (Phi) is 5.06. The Hall–Kier alpha value is -2.47. The van der Waals surface area contributed by atoms with Gasteiger partial charge in [0.25, 0.3) is 5.69 Å². The molecule has 2 N–H and O–H groups in total. The summed E-state index contributed by atoms with van der Waals surface area (Å²) in [5.41, 5.74) is 0.804. The summed E-state index contributed by atoms with van der Waals surface area (Å²) in [5, 5.41) is 23.6. The van der Waals surface area contributed by atoms with Crippen molar-refractivity contribution in [3.63, 3.8) is 0 Å². The molecular formula is C16H17FN2O3. The van der Waals surface area contributed by atoms with Crippen LogP contribution < -0.4 is 5.32 Å². The highest BCUT2D eigenvalue weighted by molar-refractivity contribution is 5.50. The number of non-ortho nitro benzene ring substituents is 1. The molecule has 5 nitrogen and oxygen atoms in total. The lowest BCUT2D eigenvalue weighted by molar-refractivity contribution is -0.385. The summed E-state index contributed by atoms with van der Waals surface area (Å²) in [4.78, 5) is 9.92. The van der Waals surface area contributed by atoms with E-state index in [1.165, 1.54) is 12.1 Å².